The molecule has 1 atom stereocenters. The highest BCUT2D eigenvalue weighted by atomic mass is 16.3. The molecule has 114 valence electrons. The molecule has 0 aromatic heterocycles. The van der Waals surface area contributed by atoms with Crippen LogP contribution in [-0.4, -0.2) is 41.1 Å². The van der Waals surface area contributed by atoms with E-state index >= 15 is 0 Å². The third-order valence-corrected chi connectivity index (χ3v) is 3.31. The van der Waals surface area contributed by atoms with E-state index in [2.05, 4.69) is 26.1 Å². The predicted molar refractivity (Wildman–Crippen MR) is 81.2 cm³/mol. The third-order valence-electron chi connectivity index (χ3n) is 3.31. The fourth-order valence-electron chi connectivity index (χ4n) is 2.24. The van der Waals surface area contributed by atoms with Gasteiger partial charge in [0.1, 0.15) is 5.75 Å². The first-order valence-corrected chi connectivity index (χ1v) is 7.08. The summed E-state index contributed by atoms with van der Waals surface area (Å²) in [7, 11) is 0. The first-order chi connectivity index (χ1) is 9.25. The quantitative estimate of drug-likeness (QED) is 0.596. The summed E-state index contributed by atoms with van der Waals surface area (Å²) in [5.41, 5.74) is 2.62. The van der Waals surface area contributed by atoms with Gasteiger partial charge in [-0.1, -0.05) is 32.9 Å². The monoisotopic (exact) mass is 281 g/mol. The maximum absolute atomic E-state index is 10.2. The third kappa shape index (κ3) is 4.78. The van der Waals surface area contributed by atoms with Crippen molar-refractivity contribution in [1.82, 2.24) is 5.32 Å². The number of hydrogen-bond acceptors (Lipinski definition) is 4. The van der Waals surface area contributed by atoms with Crippen molar-refractivity contribution in [3.8, 4) is 5.75 Å². The van der Waals surface area contributed by atoms with E-state index in [-0.39, 0.29) is 12.0 Å². The Labute approximate surface area is 121 Å². The van der Waals surface area contributed by atoms with E-state index in [0.29, 0.717) is 25.3 Å². The Kier molecular flexibility index (Phi) is 5.99. The van der Waals surface area contributed by atoms with Crippen molar-refractivity contribution in [2.75, 3.05) is 19.7 Å². The molecule has 0 radical (unpaired) electrons. The first-order valence-electron chi connectivity index (χ1n) is 7.08. The second-order valence-corrected chi connectivity index (χ2v) is 6.34. The summed E-state index contributed by atoms with van der Waals surface area (Å²) in [6.45, 7) is 9.06. The molecule has 0 bridgehead atoms. The molecular weight excluding hydrogens is 254 g/mol. The average Bonchev–Trinajstić information content (AvgIpc) is 2.32. The predicted octanol–water partition coefficient (Wildman–Crippen LogP) is 1.48. The Bertz CT molecular complexity index is 438. The maximum atomic E-state index is 10.2. The van der Waals surface area contributed by atoms with Crippen molar-refractivity contribution in [2.45, 2.75) is 45.6 Å². The van der Waals surface area contributed by atoms with Crippen LogP contribution < -0.4 is 5.32 Å². The van der Waals surface area contributed by atoms with Gasteiger partial charge in [-0.25, -0.2) is 0 Å². The van der Waals surface area contributed by atoms with Gasteiger partial charge in [-0.05, 0) is 35.4 Å². The van der Waals surface area contributed by atoms with Gasteiger partial charge in [0.2, 0.25) is 0 Å². The van der Waals surface area contributed by atoms with Crippen LogP contribution in [-0.2, 0) is 11.8 Å². The van der Waals surface area contributed by atoms with E-state index < -0.39 is 6.10 Å². The number of aliphatic hydroxyl groups excluding tert-OH is 2. The molecule has 0 heterocycles. The van der Waals surface area contributed by atoms with Crippen molar-refractivity contribution in [3.63, 3.8) is 0 Å². The Morgan fingerprint density at radius 1 is 1.25 bits per heavy atom. The van der Waals surface area contributed by atoms with Crippen LogP contribution in [0.15, 0.2) is 12.1 Å². The number of phenols is 1. The van der Waals surface area contributed by atoms with Crippen LogP contribution in [0.4, 0.5) is 0 Å². The highest BCUT2D eigenvalue weighted by Crippen LogP contribution is 2.34. The minimum atomic E-state index is -0.502. The zero-order valence-corrected chi connectivity index (χ0v) is 12.9. The number of rotatable bonds is 6. The van der Waals surface area contributed by atoms with Gasteiger partial charge in [-0.3, -0.25) is 0 Å². The van der Waals surface area contributed by atoms with Crippen LogP contribution in [0.25, 0.3) is 0 Å². The molecule has 0 amide bonds. The maximum Gasteiger partial charge on any atom is 0.122 e. The molecule has 0 fully saturated rings. The van der Waals surface area contributed by atoms with Gasteiger partial charge in [0.15, 0.2) is 0 Å². The van der Waals surface area contributed by atoms with E-state index in [1.165, 1.54) is 0 Å². The molecule has 4 N–H and O–H groups in total. The average molecular weight is 281 g/mol. The van der Waals surface area contributed by atoms with Crippen LogP contribution in [0.3, 0.4) is 0 Å². The van der Waals surface area contributed by atoms with Crippen LogP contribution in [0.1, 0.15) is 37.5 Å². The van der Waals surface area contributed by atoms with Gasteiger partial charge in [0, 0.05) is 13.1 Å². The molecule has 0 aliphatic heterocycles. The number of hydrogen-bond donors (Lipinski definition) is 4. The number of phenolic OH excluding ortho intramolecular Hbond substituents is 1. The summed E-state index contributed by atoms with van der Waals surface area (Å²) < 4.78 is 0. The summed E-state index contributed by atoms with van der Waals surface area (Å²) in [6.07, 6.45) is 0.0288. The highest BCUT2D eigenvalue weighted by Gasteiger charge is 2.20. The van der Waals surface area contributed by atoms with E-state index in [9.17, 15) is 10.2 Å². The van der Waals surface area contributed by atoms with Crippen LogP contribution in [0, 0.1) is 6.92 Å². The zero-order chi connectivity index (χ0) is 15.3. The van der Waals surface area contributed by atoms with Crippen molar-refractivity contribution in [2.24, 2.45) is 0 Å². The summed E-state index contributed by atoms with van der Waals surface area (Å²) in [6, 6.07) is 3.89. The standard InChI is InChI=1S/C16H27NO3/c1-11-7-12(8-13(19)10-17-5-6-18)9-14(15(11)20)16(2,3)4/h7,9,13,17-20H,5-6,8,10H2,1-4H3. The molecule has 0 saturated carbocycles. The van der Waals surface area contributed by atoms with E-state index in [4.69, 9.17) is 5.11 Å². The number of benzene rings is 1. The molecule has 0 aliphatic carbocycles. The number of aromatic hydroxyl groups is 1. The van der Waals surface area contributed by atoms with Gasteiger partial charge in [0.05, 0.1) is 12.7 Å². The molecule has 4 heteroatoms. The van der Waals surface area contributed by atoms with Crippen molar-refractivity contribution in [3.05, 3.63) is 28.8 Å². The highest BCUT2D eigenvalue weighted by molar-refractivity contribution is 5.46. The molecule has 20 heavy (non-hydrogen) atoms. The lowest BCUT2D eigenvalue weighted by atomic mass is 9.83. The van der Waals surface area contributed by atoms with Gasteiger partial charge in [0.25, 0.3) is 0 Å². The molecule has 0 aliphatic rings. The lowest BCUT2D eigenvalue weighted by Gasteiger charge is -2.23. The van der Waals surface area contributed by atoms with Gasteiger partial charge >= 0.3 is 0 Å². The van der Waals surface area contributed by atoms with Gasteiger partial charge in [-0.2, -0.15) is 0 Å². The Morgan fingerprint density at radius 2 is 1.90 bits per heavy atom. The number of aryl methyl sites for hydroxylation is 1. The molecule has 1 unspecified atom stereocenters. The number of aliphatic hydroxyl groups is 2. The van der Waals surface area contributed by atoms with E-state index in [0.717, 1.165) is 16.7 Å². The van der Waals surface area contributed by atoms with Crippen molar-refractivity contribution in [1.29, 1.82) is 0 Å². The fourth-order valence-corrected chi connectivity index (χ4v) is 2.24. The summed E-state index contributed by atoms with van der Waals surface area (Å²) in [5, 5.41) is 31.8. The Balaban J connectivity index is 2.84. The minimum Gasteiger partial charge on any atom is -0.507 e. The zero-order valence-electron chi connectivity index (χ0n) is 12.9. The molecule has 0 saturated heterocycles. The summed E-state index contributed by atoms with van der Waals surface area (Å²) >= 11 is 0. The molecule has 1 aromatic carbocycles. The molecular formula is C16H27NO3. The second kappa shape index (κ2) is 7.07. The van der Waals surface area contributed by atoms with Crippen LogP contribution in [0.2, 0.25) is 0 Å². The fraction of sp³-hybridized carbons (Fsp3) is 0.625. The Morgan fingerprint density at radius 3 is 2.45 bits per heavy atom. The second-order valence-electron chi connectivity index (χ2n) is 6.34. The summed E-state index contributed by atoms with van der Waals surface area (Å²) in [4.78, 5) is 0. The normalized spacial score (nSPS) is 13.5. The Hall–Kier alpha value is -1.10. The van der Waals surface area contributed by atoms with E-state index in [1.807, 2.05) is 19.1 Å². The number of nitrogens with one attached hydrogen (secondary N) is 1. The molecule has 0 spiro atoms. The minimum absolute atomic E-state index is 0.0687. The van der Waals surface area contributed by atoms with Crippen LogP contribution >= 0.6 is 0 Å². The topological polar surface area (TPSA) is 72.7 Å². The van der Waals surface area contributed by atoms with Crippen molar-refractivity contribution < 1.29 is 15.3 Å². The van der Waals surface area contributed by atoms with Gasteiger partial charge in [-0.15, -0.1) is 0 Å². The SMILES string of the molecule is Cc1cc(CC(O)CNCCO)cc(C(C)(C)C)c1O. The first kappa shape index (κ1) is 17.0. The van der Waals surface area contributed by atoms with Crippen molar-refractivity contribution >= 4 is 0 Å². The molecule has 1 rings (SSSR count). The molecule has 4 nitrogen and oxygen atoms in total. The lowest BCUT2D eigenvalue weighted by molar-refractivity contribution is 0.168. The summed E-state index contributed by atoms with van der Waals surface area (Å²) in [5.74, 6) is 0.342. The van der Waals surface area contributed by atoms with Crippen LogP contribution in [0.5, 0.6) is 5.75 Å². The largest absolute Gasteiger partial charge is 0.507 e. The molecule has 1 aromatic rings. The lowest BCUT2D eigenvalue weighted by Crippen LogP contribution is -2.30. The van der Waals surface area contributed by atoms with Gasteiger partial charge < -0.3 is 20.6 Å². The smallest absolute Gasteiger partial charge is 0.122 e. The van der Waals surface area contributed by atoms with E-state index in [1.54, 1.807) is 0 Å².